The number of thiophene rings is 1. The molecule has 0 saturated carbocycles. The fourth-order valence-electron chi connectivity index (χ4n) is 2.97. The smallest absolute Gasteiger partial charge is 0.236 e. The lowest BCUT2D eigenvalue weighted by Gasteiger charge is -2.15. The molecule has 1 aliphatic rings. The second-order valence-electron chi connectivity index (χ2n) is 6.25. The molecule has 0 aliphatic carbocycles. The highest BCUT2D eigenvalue weighted by atomic mass is 127. The van der Waals surface area contributed by atoms with Gasteiger partial charge < -0.3 is 19.8 Å². The zero-order valence-electron chi connectivity index (χ0n) is 15.6. The van der Waals surface area contributed by atoms with Crippen molar-refractivity contribution in [3.63, 3.8) is 0 Å². The average Bonchev–Trinajstić information content (AvgIpc) is 3.43. The quantitative estimate of drug-likeness (QED) is 0.297. The number of fused-ring (bicyclic) bond motifs is 1. The van der Waals surface area contributed by atoms with Gasteiger partial charge in [0.2, 0.25) is 5.89 Å². The number of nitrogens with one attached hydrogen (secondary N) is 2. The molecule has 1 atom stereocenters. The van der Waals surface area contributed by atoms with Gasteiger partial charge in [0.05, 0.1) is 18.0 Å². The number of hydrogen-bond acceptors (Lipinski definition) is 5. The SMILES string of the molecule is CCNC(=NCc1coc(-c2cccs2)n1)NCC1Cc2ccccc2O1.I. The highest BCUT2D eigenvalue weighted by Gasteiger charge is 2.22. The second-order valence-corrected chi connectivity index (χ2v) is 7.20. The first-order valence-electron chi connectivity index (χ1n) is 9.07. The standard InChI is InChI=1S/C20H22N4O2S.HI/c1-2-21-20(23-12-16-10-14-6-3-4-7-17(14)26-16)22-11-15-13-25-19(24-15)18-8-5-9-27-18;/h3-9,13,16H,2,10-12H2,1H3,(H2,21,22,23);1H. The van der Waals surface area contributed by atoms with Crippen LogP contribution in [0.4, 0.5) is 0 Å². The maximum absolute atomic E-state index is 5.97. The first-order valence-corrected chi connectivity index (χ1v) is 9.95. The number of rotatable bonds is 6. The Morgan fingerprint density at radius 2 is 2.14 bits per heavy atom. The van der Waals surface area contributed by atoms with E-state index in [0.29, 0.717) is 19.0 Å². The van der Waals surface area contributed by atoms with E-state index in [-0.39, 0.29) is 30.1 Å². The van der Waals surface area contributed by atoms with Gasteiger partial charge in [-0.1, -0.05) is 24.3 Å². The number of aliphatic imine (C=N–C) groups is 1. The van der Waals surface area contributed by atoms with Crippen molar-refractivity contribution >= 4 is 41.3 Å². The summed E-state index contributed by atoms with van der Waals surface area (Å²) < 4.78 is 11.5. The molecule has 0 spiro atoms. The number of ether oxygens (including phenoxy) is 1. The summed E-state index contributed by atoms with van der Waals surface area (Å²) in [6.45, 7) is 3.98. The van der Waals surface area contributed by atoms with Gasteiger partial charge in [-0.2, -0.15) is 0 Å². The maximum Gasteiger partial charge on any atom is 0.236 e. The minimum Gasteiger partial charge on any atom is -0.488 e. The molecule has 0 fully saturated rings. The number of halogens is 1. The minimum absolute atomic E-state index is 0. The number of aromatic nitrogens is 1. The van der Waals surface area contributed by atoms with Crippen LogP contribution in [0.3, 0.4) is 0 Å². The Hall–Kier alpha value is -2.07. The Bertz CT molecular complexity index is 886. The molecule has 2 N–H and O–H groups in total. The number of benzene rings is 1. The van der Waals surface area contributed by atoms with Crippen LogP contribution in [-0.4, -0.2) is 30.1 Å². The molecular weight excluding hydrogens is 487 g/mol. The van der Waals surface area contributed by atoms with E-state index in [1.54, 1.807) is 17.6 Å². The van der Waals surface area contributed by atoms with Crippen LogP contribution in [-0.2, 0) is 13.0 Å². The molecule has 3 aromatic rings. The van der Waals surface area contributed by atoms with Crippen molar-refractivity contribution < 1.29 is 9.15 Å². The zero-order valence-corrected chi connectivity index (χ0v) is 18.7. The average molecular weight is 510 g/mol. The van der Waals surface area contributed by atoms with Crippen molar-refractivity contribution in [3.8, 4) is 16.5 Å². The second kappa shape index (κ2) is 9.92. The monoisotopic (exact) mass is 510 g/mol. The van der Waals surface area contributed by atoms with Gasteiger partial charge in [-0.3, -0.25) is 0 Å². The summed E-state index contributed by atoms with van der Waals surface area (Å²) in [6, 6.07) is 12.2. The van der Waals surface area contributed by atoms with Gasteiger partial charge in [0, 0.05) is 13.0 Å². The fourth-order valence-corrected chi connectivity index (χ4v) is 3.63. The number of nitrogens with zero attached hydrogens (tertiary/aromatic N) is 2. The summed E-state index contributed by atoms with van der Waals surface area (Å²) in [7, 11) is 0. The maximum atomic E-state index is 5.97. The molecule has 4 rings (SSSR count). The normalized spacial score (nSPS) is 15.5. The molecule has 0 amide bonds. The highest BCUT2D eigenvalue weighted by Crippen LogP contribution is 2.27. The predicted molar refractivity (Wildman–Crippen MR) is 123 cm³/mol. The Kier molecular flexibility index (Phi) is 7.32. The Balaban J connectivity index is 0.00000225. The van der Waals surface area contributed by atoms with Crippen molar-refractivity contribution in [2.24, 2.45) is 4.99 Å². The summed E-state index contributed by atoms with van der Waals surface area (Å²) in [5, 5.41) is 8.63. The van der Waals surface area contributed by atoms with E-state index >= 15 is 0 Å². The number of guanidine groups is 1. The van der Waals surface area contributed by atoms with Crippen LogP contribution in [0.1, 0.15) is 18.2 Å². The van der Waals surface area contributed by atoms with Crippen molar-refractivity contribution in [2.45, 2.75) is 26.0 Å². The molecule has 3 heterocycles. The molecule has 1 aromatic carbocycles. The van der Waals surface area contributed by atoms with E-state index < -0.39 is 0 Å². The lowest BCUT2D eigenvalue weighted by molar-refractivity contribution is 0.235. The first-order chi connectivity index (χ1) is 13.3. The minimum atomic E-state index is 0. The van der Waals surface area contributed by atoms with Gasteiger partial charge in [0.1, 0.15) is 23.8 Å². The van der Waals surface area contributed by atoms with E-state index in [0.717, 1.165) is 35.2 Å². The number of oxazole rings is 1. The van der Waals surface area contributed by atoms with Crippen LogP contribution < -0.4 is 15.4 Å². The number of para-hydroxylation sites is 1. The lowest BCUT2D eigenvalue weighted by atomic mass is 10.1. The lowest BCUT2D eigenvalue weighted by Crippen LogP contribution is -2.42. The molecule has 6 nitrogen and oxygen atoms in total. The van der Waals surface area contributed by atoms with Crippen LogP contribution in [0.2, 0.25) is 0 Å². The number of hydrogen-bond donors (Lipinski definition) is 2. The molecule has 2 aromatic heterocycles. The third kappa shape index (κ3) is 5.05. The fraction of sp³-hybridized carbons (Fsp3) is 0.300. The van der Waals surface area contributed by atoms with Crippen LogP contribution in [0.15, 0.2) is 57.5 Å². The van der Waals surface area contributed by atoms with Gasteiger partial charge in [0.15, 0.2) is 5.96 Å². The van der Waals surface area contributed by atoms with E-state index in [4.69, 9.17) is 9.15 Å². The first kappa shape index (κ1) is 20.7. The molecule has 1 aliphatic heterocycles. The van der Waals surface area contributed by atoms with Crippen LogP contribution in [0, 0.1) is 0 Å². The molecule has 1 unspecified atom stereocenters. The summed E-state index contributed by atoms with van der Waals surface area (Å²) in [5.74, 6) is 2.37. The predicted octanol–water partition coefficient (Wildman–Crippen LogP) is 4.08. The van der Waals surface area contributed by atoms with Gasteiger partial charge in [0.25, 0.3) is 0 Å². The van der Waals surface area contributed by atoms with Crippen molar-refractivity contribution in [1.82, 2.24) is 15.6 Å². The largest absolute Gasteiger partial charge is 0.488 e. The molecule has 148 valence electrons. The molecule has 0 bridgehead atoms. The van der Waals surface area contributed by atoms with Crippen molar-refractivity contribution in [2.75, 3.05) is 13.1 Å². The Morgan fingerprint density at radius 3 is 2.93 bits per heavy atom. The van der Waals surface area contributed by atoms with Crippen molar-refractivity contribution in [3.05, 3.63) is 59.3 Å². The summed E-state index contributed by atoms with van der Waals surface area (Å²) >= 11 is 1.61. The van der Waals surface area contributed by atoms with Gasteiger partial charge in [-0.15, -0.1) is 35.3 Å². The molecular formula is C20H23IN4O2S. The Labute approximate surface area is 185 Å². The summed E-state index contributed by atoms with van der Waals surface area (Å²) in [4.78, 5) is 10.1. The molecule has 0 saturated heterocycles. The van der Waals surface area contributed by atoms with Crippen LogP contribution in [0.5, 0.6) is 5.75 Å². The molecule has 28 heavy (non-hydrogen) atoms. The van der Waals surface area contributed by atoms with Gasteiger partial charge in [-0.05, 0) is 30.0 Å². The topological polar surface area (TPSA) is 71.7 Å². The molecule has 0 radical (unpaired) electrons. The van der Waals surface area contributed by atoms with Gasteiger partial charge >= 0.3 is 0 Å². The molecule has 8 heteroatoms. The van der Waals surface area contributed by atoms with E-state index in [9.17, 15) is 0 Å². The Morgan fingerprint density at radius 1 is 1.25 bits per heavy atom. The van der Waals surface area contributed by atoms with Crippen LogP contribution in [0.25, 0.3) is 10.8 Å². The summed E-state index contributed by atoms with van der Waals surface area (Å²) in [5.41, 5.74) is 2.06. The third-order valence-electron chi connectivity index (χ3n) is 4.24. The van der Waals surface area contributed by atoms with E-state index in [1.807, 2.05) is 42.6 Å². The third-order valence-corrected chi connectivity index (χ3v) is 5.10. The zero-order chi connectivity index (χ0) is 18.5. The summed E-state index contributed by atoms with van der Waals surface area (Å²) in [6.07, 6.45) is 2.69. The highest BCUT2D eigenvalue weighted by molar-refractivity contribution is 14.0. The van der Waals surface area contributed by atoms with E-state index in [2.05, 4.69) is 26.7 Å². The van der Waals surface area contributed by atoms with Crippen LogP contribution >= 0.6 is 35.3 Å². The van der Waals surface area contributed by atoms with Gasteiger partial charge in [-0.25, -0.2) is 9.98 Å². The van der Waals surface area contributed by atoms with Crippen molar-refractivity contribution in [1.29, 1.82) is 0 Å². The van der Waals surface area contributed by atoms with E-state index in [1.165, 1.54) is 5.56 Å².